The van der Waals surface area contributed by atoms with Gasteiger partial charge in [0.2, 0.25) is 0 Å². The van der Waals surface area contributed by atoms with Gasteiger partial charge in [-0.15, -0.1) is 0 Å². The first-order chi connectivity index (χ1) is 8.18. The van der Waals surface area contributed by atoms with Crippen molar-refractivity contribution in [1.29, 1.82) is 0 Å². The van der Waals surface area contributed by atoms with E-state index in [0.29, 0.717) is 12.3 Å². The maximum absolute atomic E-state index is 12.0. The first-order valence-corrected chi connectivity index (χ1v) is 6.14. The summed E-state index contributed by atoms with van der Waals surface area (Å²) in [6.45, 7) is 4.36. The molecule has 0 spiro atoms. The molecule has 2 aromatic rings. The lowest BCUT2D eigenvalue weighted by molar-refractivity contribution is 0.0980. The zero-order chi connectivity index (χ0) is 12.3. The minimum Gasteiger partial charge on any atom is -0.294 e. The first-order valence-electron chi connectivity index (χ1n) is 6.14. The van der Waals surface area contributed by atoms with Crippen LogP contribution in [-0.4, -0.2) is 15.4 Å². The van der Waals surface area contributed by atoms with Crippen molar-refractivity contribution in [2.24, 2.45) is 5.92 Å². The Morgan fingerprint density at radius 3 is 3.00 bits per heavy atom. The lowest BCUT2D eigenvalue weighted by Crippen LogP contribution is -1.99. The van der Waals surface area contributed by atoms with Gasteiger partial charge in [0.1, 0.15) is 0 Å². The summed E-state index contributed by atoms with van der Waals surface area (Å²) >= 11 is 0. The van der Waals surface area contributed by atoms with Gasteiger partial charge in [-0.3, -0.25) is 4.79 Å². The fourth-order valence-corrected chi connectivity index (χ4v) is 1.95. The third kappa shape index (κ3) is 2.73. The zero-order valence-electron chi connectivity index (χ0n) is 10.4. The highest BCUT2D eigenvalue weighted by Gasteiger charge is 2.11. The molecular formula is C14H18N2O. The molecule has 2 rings (SSSR count). The lowest BCUT2D eigenvalue weighted by Gasteiger charge is -2.03. The standard InChI is InChI=1S/C14H18N2O/c1-11(2)6-5-8-14(17)12-10-15-16-9-4-3-7-13(12)16/h3-4,7,9-11H,5-6,8H2,1-2H3. The SMILES string of the molecule is CC(C)CCCC(=O)c1cnn2ccccc12. The van der Waals surface area contributed by atoms with E-state index in [-0.39, 0.29) is 5.78 Å². The van der Waals surface area contributed by atoms with Gasteiger partial charge < -0.3 is 0 Å². The number of hydrogen-bond donors (Lipinski definition) is 0. The molecule has 17 heavy (non-hydrogen) atoms. The van der Waals surface area contributed by atoms with Crippen LogP contribution in [0.3, 0.4) is 0 Å². The average molecular weight is 230 g/mol. The summed E-state index contributed by atoms with van der Waals surface area (Å²) in [5.41, 5.74) is 1.65. The van der Waals surface area contributed by atoms with Crippen molar-refractivity contribution in [3.05, 3.63) is 36.2 Å². The molecule has 0 bridgehead atoms. The van der Waals surface area contributed by atoms with Crippen molar-refractivity contribution in [3.8, 4) is 0 Å². The zero-order valence-corrected chi connectivity index (χ0v) is 10.4. The molecule has 0 aromatic carbocycles. The Bertz CT molecular complexity index is 514. The van der Waals surface area contributed by atoms with E-state index in [1.807, 2.05) is 24.4 Å². The van der Waals surface area contributed by atoms with Gasteiger partial charge in [-0.25, -0.2) is 4.52 Å². The molecule has 0 aliphatic heterocycles. The van der Waals surface area contributed by atoms with E-state index >= 15 is 0 Å². The highest BCUT2D eigenvalue weighted by Crippen LogP contribution is 2.15. The van der Waals surface area contributed by atoms with Gasteiger partial charge in [-0.2, -0.15) is 5.10 Å². The van der Waals surface area contributed by atoms with E-state index in [2.05, 4.69) is 18.9 Å². The molecule has 3 nitrogen and oxygen atoms in total. The van der Waals surface area contributed by atoms with Crippen molar-refractivity contribution >= 4 is 11.3 Å². The van der Waals surface area contributed by atoms with E-state index in [1.165, 1.54) is 0 Å². The van der Waals surface area contributed by atoms with Crippen LogP contribution in [0, 0.1) is 5.92 Å². The molecule has 2 aromatic heterocycles. The molecule has 2 heterocycles. The van der Waals surface area contributed by atoms with Crippen LogP contribution in [0.15, 0.2) is 30.6 Å². The molecule has 0 unspecified atom stereocenters. The molecule has 90 valence electrons. The summed E-state index contributed by atoms with van der Waals surface area (Å²) in [4.78, 5) is 12.0. The Labute approximate surface area is 101 Å². The van der Waals surface area contributed by atoms with E-state index in [0.717, 1.165) is 23.9 Å². The molecule has 3 heteroatoms. The number of Topliss-reactive ketones (excluding diaryl/α,β-unsaturated/α-hetero) is 1. The van der Waals surface area contributed by atoms with E-state index in [4.69, 9.17) is 0 Å². The van der Waals surface area contributed by atoms with Crippen LogP contribution in [0.25, 0.3) is 5.52 Å². The van der Waals surface area contributed by atoms with Gasteiger partial charge in [0.15, 0.2) is 5.78 Å². The summed E-state index contributed by atoms with van der Waals surface area (Å²) in [7, 11) is 0. The number of hydrogen-bond acceptors (Lipinski definition) is 2. The van der Waals surface area contributed by atoms with Crippen LogP contribution >= 0.6 is 0 Å². The normalized spacial score (nSPS) is 11.2. The molecule has 0 radical (unpaired) electrons. The monoisotopic (exact) mass is 230 g/mol. The Morgan fingerprint density at radius 1 is 1.41 bits per heavy atom. The predicted molar refractivity (Wildman–Crippen MR) is 68.2 cm³/mol. The van der Waals surface area contributed by atoms with Gasteiger partial charge in [0.25, 0.3) is 0 Å². The second-order valence-electron chi connectivity index (χ2n) is 4.80. The van der Waals surface area contributed by atoms with Crippen LogP contribution in [0.5, 0.6) is 0 Å². The van der Waals surface area contributed by atoms with Gasteiger partial charge >= 0.3 is 0 Å². The Hall–Kier alpha value is -1.64. The molecule has 0 N–H and O–H groups in total. The molecule has 0 aliphatic rings. The third-order valence-corrected chi connectivity index (χ3v) is 2.91. The molecule has 0 atom stereocenters. The quantitative estimate of drug-likeness (QED) is 0.738. The molecule has 0 amide bonds. The lowest BCUT2D eigenvalue weighted by atomic mass is 10.0. The van der Waals surface area contributed by atoms with E-state index < -0.39 is 0 Å². The number of carbonyl (C=O) groups is 1. The fourth-order valence-electron chi connectivity index (χ4n) is 1.95. The fraction of sp³-hybridized carbons (Fsp3) is 0.429. The van der Waals surface area contributed by atoms with E-state index in [9.17, 15) is 4.79 Å². The van der Waals surface area contributed by atoms with Crippen LogP contribution < -0.4 is 0 Å². The average Bonchev–Trinajstić information content (AvgIpc) is 2.72. The predicted octanol–water partition coefficient (Wildman–Crippen LogP) is 3.34. The van der Waals surface area contributed by atoms with Gasteiger partial charge in [0.05, 0.1) is 17.3 Å². The molecular weight excluding hydrogens is 212 g/mol. The Kier molecular flexibility index (Phi) is 3.57. The minimum atomic E-state index is 0.201. The smallest absolute Gasteiger partial charge is 0.166 e. The van der Waals surface area contributed by atoms with E-state index in [1.54, 1.807) is 10.7 Å². The molecule has 0 fully saturated rings. The summed E-state index contributed by atoms with van der Waals surface area (Å²) in [6.07, 6.45) is 6.22. The number of carbonyl (C=O) groups excluding carboxylic acids is 1. The van der Waals surface area contributed by atoms with Gasteiger partial charge in [0, 0.05) is 12.6 Å². The topological polar surface area (TPSA) is 34.4 Å². The van der Waals surface area contributed by atoms with Crippen LogP contribution in [0.2, 0.25) is 0 Å². The van der Waals surface area contributed by atoms with Gasteiger partial charge in [-0.1, -0.05) is 26.3 Å². The number of nitrogens with zero attached hydrogens (tertiary/aromatic N) is 2. The van der Waals surface area contributed by atoms with Gasteiger partial charge in [-0.05, 0) is 24.5 Å². The van der Waals surface area contributed by atoms with Crippen molar-refractivity contribution in [2.45, 2.75) is 33.1 Å². The van der Waals surface area contributed by atoms with Crippen LogP contribution in [-0.2, 0) is 0 Å². The maximum atomic E-state index is 12.0. The first kappa shape index (κ1) is 11.8. The van der Waals surface area contributed by atoms with Crippen LogP contribution in [0.1, 0.15) is 43.5 Å². The summed E-state index contributed by atoms with van der Waals surface area (Å²) in [5.74, 6) is 0.860. The Balaban J connectivity index is 2.09. The number of pyridine rings is 1. The van der Waals surface area contributed by atoms with Crippen LogP contribution in [0.4, 0.5) is 0 Å². The Morgan fingerprint density at radius 2 is 2.24 bits per heavy atom. The van der Waals surface area contributed by atoms with Crippen molar-refractivity contribution < 1.29 is 4.79 Å². The number of fused-ring (bicyclic) bond motifs is 1. The summed E-state index contributed by atoms with van der Waals surface area (Å²) in [6, 6.07) is 5.78. The maximum Gasteiger partial charge on any atom is 0.166 e. The summed E-state index contributed by atoms with van der Waals surface area (Å²) in [5, 5.41) is 4.18. The highest BCUT2D eigenvalue weighted by atomic mass is 16.1. The molecule has 0 aliphatic carbocycles. The van der Waals surface area contributed by atoms with Crippen molar-refractivity contribution in [2.75, 3.05) is 0 Å². The highest BCUT2D eigenvalue weighted by molar-refractivity contribution is 6.02. The largest absolute Gasteiger partial charge is 0.294 e. The molecule has 0 saturated heterocycles. The third-order valence-electron chi connectivity index (χ3n) is 2.91. The van der Waals surface area contributed by atoms with Crippen molar-refractivity contribution in [1.82, 2.24) is 9.61 Å². The van der Waals surface area contributed by atoms with Crippen molar-refractivity contribution in [3.63, 3.8) is 0 Å². The molecule has 0 saturated carbocycles. The number of rotatable bonds is 5. The number of ketones is 1. The minimum absolute atomic E-state index is 0.201. The summed E-state index contributed by atoms with van der Waals surface area (Å²) < 4.78 is 1.75. The second-order valence-corrected chi connectivity index (χ2v) is 4.80. The second kappa shape index (κ2) is 5.13. The number of aromatic nitrogens is 2.